The first-order chi connectivity index (χ1) is 14.5. The summed E-state index contributed by atoms with van der Waals surface area (Å²) < 4.78 is 1.86. The zero-order valence-electron chi connectivity index (χ0n) is 17.4. The fourth-order valence-electron chi connectivity index (χ4n) is 3.78. The number of aromatic nitrogens is 2. The Bertz CT molecular complexity index is 1050. The molecule has 0 saturated carbocycles. The van der Waals surface area contributed by atoms with E-state index < -0.39 is 0 Å². The highest BCUT2D eigenvalue weighted by atomic mass is 16.2. The molecule has 1 saturated heterocycles. The standard InChI is InChI=1S/C23H27N5O2/c1-16-7-10-27(11-8-16)21-6-4-18(14-25-21)23(30)26-19-5-3-17-9-12-28(20(17)13-19)15-22(29)24-2/h3-6,9,12-14,16H,7-8,10-11,15H2,1-2H3,(H,24,29)(H,26,30). The highest BCUT2D eigenvalue weighted by Gasteiger charge is 2.17. The Kier molecular flexibility index (Phi) is 5.70. The van der Waals surface area contributed by atoms with E-state index in [9.17, 15) is 9.59 Å². The van der Waals surface area contributed by atoms with Crippen molar-refractivity contribution in [3.05, 3.63) is 54.4 Å². The van der Waals surface area contributed by atoms with E-state index in [1.807, 2.05) is 47.2 Å². The van der Waals surface area contributed by atoms with Gasteiger partial charge in [-0.25, -0.2) is 4.98 Å². The number of hydrogen-bond acceptors (Lipinski definition) is 4. The number of benzene rings is 1. The van der Waals surface area contributed by atoms with E-state index in [0.29, 0.717) is 11.3 Å². The van der Waals surface area contributed by atoms with Crippen LogP contribution in [0.25, 0.3) is 10.9 Å². The van der Waals surface area contributed by atoms with Gasteiger partial charge in [-0.3, -0.25) is 9.59 Å². The van der Waals surface area contributed by atoms with Crippen molar-refractivity contribution in [2.45, 2.75) is 26.3 Å². The molecule has 1 aliphatic heterocycles. The minimum atomic E-state index is -0.204. The summed E-state index contributed by atoms with van der Waals surface area (Å²) in [6.45, 7) is 4.54. The van der Waals surface area contributed by atoms with Gasteiger partial charge in [0.05, 0.1) is 11.1 Å². The molecule has 3 aromatic rings. The van der Waals surface area contributed by atoms with Gasteiger partial charge in [0.2, 0.25) is 5.91 Å². The smallest absolute Gasteiger partial charge is 0.257 e. The van der Waals surface area contributed by atoms with Crippen molar-refractivity contribution in [1.82, 2.24) is 14.9 Å². The van der Waals surface area contributed by atoms with Crippen LogP contribution in [0, 0.1) is 5.92 Å². The summed E-state index contributed by atoms with van der Waals surface area (Å²) in [5.41, 5.74) is 2.09. The molecule has 0 aliphatic carbocycles. The van der Waals surface area contributed by atoms with Gasteiger partial charge in [-0.05, 0) is 54.5 Å². The maximum atomic E-state index is 12.7. The number of piperidine rings is 1. The summed E-state index contributed by atoms with van der Waals surface area (Å²) in [6.07, 6.45) is 5.85. The lowest BCUT2D eigenvalue weighted by atomic mass is 9.99. The van der Waals surface area contributed by atoms with Gasteiger partial charge in [-0.1, -0.05) is 13.0 Å². The Morgan fingerprint density at radius 2 is 1.93 bits per heavy atom. The molecular weight excluding hydrogens is 378 g/mol. The summed E-state index contributed by atoms with van der Waals surface area (Å²) >= 11 is 0. The molecule has 0 radical (unpaired) electrons. The third-order valence-corrected chi connectivity index (χ3v) is 5.74. The van der Waals surface area contributed by atoms with Crippen LogP contribution < -0.4 is 15.5 Å². The van der Waals surface area contributed by atoms with Crippen LogP contribution >= 0.6 is 0 Å². The van der Waals surface area contributed by atoms with Crippen molar-refractivity contribution in [2.24, 2.45) is 5.92 Å². The minimum Gasteiger partial charge on any atom is -0.358 e. The molecule has 3 heterocycles. The maximum Gasteiger partial charge on any atom is 0.257 e. The van der Waals surface area contributed by atoms with Crippen LogP contribution in [0.4, 0.5) is 11.5 Å². The van der Waals surface area contributed by atoms with Crippen LogP contribution in [0.1, 0.15) is 30.1 Å². The molecule has 0 spiro atoms. The number of rotatable bonds is 5. The lowest BCUT2D eigenvalue weighted by molar-refractivity contribution is -0.121. The maximum absolute atomic E-state index is 12.7. The molecule has 2 amide bonds. The number of fused-ring (bicyclic) bond motifs is 1. The van der Waals surface area contributed by atoms with Crippen LogP contribution in [-0.2, 0) is 11.3 Å². The van der Waals surface area contributed by atoms with Gasteiger partial charge in [0.1, 0.15) is 12.4 Å². The van der Waals surface area contributed by atoms with E-state index in [-0.39, 0.29) is 18.4 Å². The number of nitrogens with zero attached hydrogens (tertiary/aromatic N) is 3. The van der Waals surface area contributed by atoms with Crippen molar-refractivity contribution in [3.63, 3.8) is 0 Å². The van der Waals surface area contributed by atoms with E-state index in [4.69, 9.17) is 0 Å². The largest absolute Gasteiger partial charge is 0.358 e. The number of carbonyl (C=O) groups excluding carboxylic acids is 2. The predicted molar refractivity (Wildman–Crippen MR) is 119 cm³/mol. The molecule has 30 heavy (non-hydrogen) atoms. The zero-order valence-corrected chi connectivity index (χ0v) is 17.4. The van der Waals surface area contributed by atoms with E-state index in [1.54, 1.807) is 13.2 Å². The van der Waals surface area contributed by atoms with Crippen LogP contribution in [0.15, 0.2) is 48.8 Å². The highest BCUT2D eigenvalue weighted by Crippen LogP contribution is 2.23. The lowest BCUT2D eigenvalue weighted by Gasteiger charge is -2.31. The number of nitrogens with one attached hydrogen (secondary N) is 2. The van der Waals surface area contributed by atoms with Gasteiger partial charge < -0.3 is 20.1 Å². The van der Waals surface area contributed by atoms with E-state index in [1.165, 1.54) is 12.8 Å². The van der Waals surface area contributed by atoms with Gasteiger partial charge >= 0.3 is 0 Å². The Morgan fingerprint density at radius 1 is 1.13 bits per heavy atom. The lowest BCUT2D eigenvalue weighted by Crippen LogP contribution is -2.33. The first-order valence-electron chi connectivity index (χ1n) is 10.4. The van der Waals surface area contributed by atoms with Crippen molar-refractivity contribution < 1.29 is 9.59 Å². The molecule has 7 nitrogen and oxygen atoms in total. The molecule has 2 aromatic heterocycles. The molecule has 1 fully saturated rings. The first kappa shape index (κ1) is 19.9. The number of likely N-dealkylation sites (N-methyl/N-ethyl adjacent to an activating group) is 1. The molecular formula is C23H27N5O2. The number of pyridine rings is 1. The van der Waals surface area contributed by atoms with E-state index in [0.717, 1.165) is 35.7 Å². The van der Waals surface area contributed by atoms with Gasteiger partial charge in [0.25, 0.3) is 5.91 Å². The SMILES string of the molecule is CNC(=O)Cn1ccc2ccc(NC(=O)c3ccc(N4CCC(C)CC4)nc3)cc21. The predicted octanol–water partition coefficient (Wildman–Crippen LogP) is 3.27. The average molecular weight is 406 g/mol. The normalized spacial score (nSPS) is 14.7. The number of anilines is 2. The number of amides is 2. The third kappa shape index (κ3) is 4.30. The summed E-state index contributed by atoms with van der Waals surface area (Å²) in [5.74, 6) is 1.41. The molecule has 2 N–H and O–H groups in total. The number of hydrogen-bond donors (Lipinski definition) is 2. The average Bonchev–Trinajstić information content (AvgIpc) is 3.16. The summed E-state index contributed by atoms with van der Waals surface area (Å²) in [5, 5.41) is 6.57. The van der Waals surface area contributed by atoms with Gasteiger partial charge in [-0.15, -0.1) is 0 Å². The van der Waals surface area contributed by atoms with E-state index in [2.05, 4.69) is 27.4 Å². The van der Waals surface area contributed by atoms with Crippen molar-refractivity contribution in [2.75, 3.05) is 30.4 Å². The summed E-state index contributed by atoms with van der Waals surface area (Å²) in [4.78, 5) is 31.2. The molecule has 7 heteroatoms. The van der Waals surface area contributed by atoms with Crippen molar-refractivity contribution in [1.29, 1.82) is 0 Å². The van der Waals surface area contributed by atoms with Crippen molar-refractivity contribution in [3.8, 4) is 0 Å². The van der Waals surface area contributed by atoms with Gasteiger partial charge in [-0.2, -0.15) is 0 Å². The zero-order chi connectivity index (χ0) is 21.1. The molecule has 156 valence electrons. The second kappa shape index (κ2) is 8.57. The second-order valence-electron chi connectivity index (χ2n) is 7.92. The molecule has 1 aliphatic rings. The Hall–Kier alpha value is -3.35. The molecule has 0 bridgehead atoms. The Balaban J connectivity index is 1.46. The molecule has 1 aromatic carbocycles. The molecule has 0 unspecified atom stereocenters. The van der Waals surface area contributed by atoms with Gasteiger partial charge in [0, 0.05) is 38.2 Å². The van der Waals surface area contributed by atoms with Gasteiger partial charge in [0.15, 0.2) is 0 Å². The minimum absolute atomic E-state index is 0.0729. The van der Waals surface area contributed by atoms with Crippen LogP contribution in [-0.4, -0.2) is 41.5 Å². The Morgan fingerprint density at radius 3 is 2.63 bits per heavy atom. The molecule has 0 atom stereocenters. The number of carbonyl (C=O) groups is 2. The van der Waals surface area contributed by atoms with Crippen molar-refractivity contribution >= 4 is 34.2 Å². The molecule has 4 rings (SSSR count). The second-order valence-corrected chi connectivity index (χ2v) is 7.92. The summed E-state index contributed by atoms with van der Waals surface area (Å²) in [6, 6.07) is 11.4. The summed E-state index contributed by atoms with van der Waals surface area (Å²) in [7, 11) is 1.62. The fraction of sp³-hybridized carbons (Fsp3) is 0.348. The van der Waals surface area contributed by atoms with Crippen LogP contribution in [0.3, 0.4) is 0 Å². The monoisotopic (exact) mass is 405 g/mol. The fourth-order valence-corrected chi connectivity index (χ4v) is 3.78. The van der Waals surface area contributed by atoms with Crippen LogP contribution in [0.2, 0.25) is 0 Å². The highest BCUT2D eigenvalue weighted by molar-refractivity contribution is 6.05. The third-order valence-electron chi connectivity index (χ3n) is 5.74. The first-order valence-corrected chi connectivity index (χ1v) is 10.4. The van der Waals surface area contributed by atoms with Crippen LogP contribution in [0.5, 0.6) is 0 Å². The quantitative estimate of drug-likeness (QED) is 0.683. The Labute approximate surface area is 176 Å². The van der Waals surface area contributed by atoms with E-state index >= 15 is 0 Å². The topological polar surface area (TPSA) is 79.3 Å².